The van der Waals surface area contributed by atoms with E-state index in [4.69, 9.17) is 4.74 Å². The van der Waals surface area contributed by atoms with Gasteiger partial charge < -0.3 is 14.2 Å². The van der Waals surface area contributed by atoms with Gasteiger partial charge in [-0.25, -0.2) is 4.79 Å². The first-order chi connectivity index (χ1) is 7.53. The van der Waals surface area contributed by atoms with E-state index in [1.807, 2.05) is 0 Å². The van der Waals surface area contributed by atoms with Crippen molar-refractivity contribution >= 4 is 5.97 Å². The van der Waals surface area contributed by atoms with Crippen LogP contribution in [0.15, 0.2) is 18.2 Å². The minimum atomic E-state index is -3.73. The van der Waals surface area contributed by atoms with Gasteiger partial charge in [0, 0.05) is 0 Å². The van der Waals surface area contributed by atoms with Crippen LogP contribution in [-0.4, -0.2) is 18.9 Å². The number of para-hydroxylation sites is 1. The second-order valence-electron chi connectivity index (χ2n) is 3.02. The van der Waals surface area contributed by atoms with Crippen LogP contribution in [0.3, 0.4) is 0 Å². The van der Waals surface area contributed by atoms with Gasteiger partial charge in [-0.3, -0.25) is 0 Å². The van der Waals surface area contributed by atoms with Gasteiger partial charge in [-0.1, -0.05) is 6.07 Å². The van der Waals surface area contributed by atoms with Crippen molar-refractivity contribution in [2.75, 3.05) is 6.61 Å². The first-order valence-electron chi connectivity index (χ1n) is 4.59. The second kappa shape index (κ2) is 3.62. The normalized spacial score (nSPS) is 15.9. The molecule has 1 aliphatic heterocycles. The zero-order chi connectivity index (χ0) is 11.8. The lowest BCUT2D eigenvalue weighted by molar-refractivity contribution is -0.286. The molecule has 0 bridgehead atoms. The van der Waals surface area contributed by atoms with Crippen LogP contribution in [-0.2, 0) is 4.74 Å². The Bertz CT molecular complexity index is 431. The molecule has 0 radical (unpaired) electrons. The van der Waals surface area contributed by atoms with Crippen molar-refractivity contribution in [2.45, 2.75) is 13.2 Å². The van der Waals surface area contributed by atoms with Crippen molar-refractivity contribution < 1.29 is 27.8 Å². The number of carbonyl (C=O) groups excluding carboxylic acids is 1. The summed E-state index contributed by atoms with van der Waals surface area (Å²) in [4.78, 5) is 11.4. The van der Waals surface area contributed by atoms with Crippen LogP contribution in [0.2, 0.25) is 0 Å². The molecule has 0 saturated carbocycles. The number of esters is 1. The van der Waals surface area contributed by atoms with Gasteiger partial charge in [-0.15, -0.1) is 8.78 Å². The summed E-state index contributed by atoms with van der Waals surface area (Å²) in [7, 11) is 0. The van der Waals surface area contributed by atoms with Crippen molar-refractivity contribution in [1.29, 1.82) is 0 Å². The van der Waals surface area contributed by atoms with Gasteiger partial charge in [0.1, 0.15) is 5.56 Å². The topological polar surface area (TPSA) is 44.8 Å². The third kappa shape index (κ3) is 1.78. The fourth-order valence-electron chi connectivity index (χ4n) is 1.34. The maximum Gasteiger partial charge on any atom is 0.586 e. The summed E-state index contributed by atoms with van der Waals surface area (Å²) in [6.45, 7) is 1.77. The van der Waals surface area contributed by atoms with Crippen molar-refractivity contribution in [3.63, 3.8) is 0 Å². The van der Waals surface area contributed by atoms with E-state index < -0.39 is 12.3 Å². The van der Waals surface area contributed by atoms with Gasteiger partial charge in [0.25, 0.3) is 0 Å². The van der Waals surface area contributed by atoms with Crippen LogP contribution in [0.5, 0.6) is 11.5 Å². The standard InChI is InChI=1S/C10H8F2O4/c1-2-14-9(13)6-4-3-5-7-8(6)16-10(11,12)15-7/h3-5H,2H2,1H3. The summed E-state index contributed by atoms with van der Waals surface area (Å²) in [6, 6.07) is 4.04. The SMILES string of the molecule is CCOC(=O)c1cccc2c1OC(F)(F)O2. The van der Waals surface area contributed by atoms with Crippen LogP contribution in [0.25, 0.3) is 0 Å². The molecule has 0 amide bonds. The molecule has 0 N–H and O–H groups in total. The van der Waals surface area contributed by atoms with Crippen molar-refractivity contribution in [2.24, 2.45) is 0 Å². The molecule has 2 rings (SSSR count). The first-order valence-corrected chi connectivity index (χ1v) is 4.59. The van der Waals surface area contributed by atoms with E-state index >= 15 is 0 Å². The van der Waals surface area contributed by atoms with E-state index in [-0.39, 0.29) is 23.7 Å². The molecule has 1 aromatic rings. The minimum Gasteiger partial charge on any atom is -0.462 e. The lowest BCUT2D eigenvalue weighted by Crippen LogP contribution is -2.26. The summed E-state index contributed by atoms with van der Waals surface area (Å²) < 4.78 is 38.7. The molecule has 0 spiro atoms. The summed E-state index contributed by atoms with van der Waals surface area (Å²) >= 11 is 0. The fraction of sp³-hybridized carbons (Fsp3) is 0.300. The molecule has 0 unspecified atom stereocenters. The molecular formula is C10H8F2O4. The number of ether oxygens (including phenoxy) is 3. The van der Waals surface area contributed by atoms with Crippen LogP contribution in [0.1, 0.15) is 17.3 Å². The largest absolute Gasteiger partial charge is 0.586 e. The van der Waals surface area contributed by atoms with Crippen LogP contribution >= 0.6 is 0 Å². The number of alkyl halides is 2. The Balaban J connectivity index is 2.37. The Morgan fingerprint density at radius 1 is 1.44 bits per heavy atom. The zero-order valence-electron chi connectivity index (χ0n) is 8.33. The van der Waals surface area contributed by atoms with Gasteiger partial charge >= 0.3 is 12.3 Å². The zero-order valence-corrected chi connectivity index (χ0v) is 8.33. The quantitative estimate of drug-likeness (QED) is 0.730. The highest BCUT2D eigenvalue weighted by atomic mass is 19.3. The number of hydrogen-bond acceptors (Lipinski definition) is 4. The van der Waals surface area contributed by atoms with Gasteiger partial charge in [0.15, 0.2) is 11.5 Å². The van der Waals surface area contributed by atoms with Gasteiger partial charge in [-0.2, -0.15) is 0 Å². The molecule has 0 saturated heterocycles. The van der Waals surface area contributed by atoms with Crippen LogP contribution < -0.4 is 9.47 Å². The summed E-state index contributed by atoms with van der Waals surface area (Å²) in [5.41, 5.74) is -0.0727. The predicted molar refractivity (Wildman–Crippen MR) is 48.6 cm³/mol. The molecular weight excluding hydrogens is 222 g/mol. The molecule has 0 atom stereocenters. The Kier molecular flexibility index (Phi) is 2.41. The lowest BCUT2D eigenvalue weighted by atomic mass is 10.2. The summed E-state index contributed by atoms with van der Waals surface area (Å²) in [5, 5.41) is 0. The monoisotopic (exact) mass is 230 g/mol. The van der Waals surface area contributed by atoms with E-state index in [1.54, 1.807) is 6.92 Å². The first kappa shape index (κ1) is 10.7. The number of hydrogen-bond donors (Lipinski definition) is 0. The molecule has 0 aromatic heterocycles. The highest BCUT2D eigenvalue weighted by molar-refractivity contribution is 5.93. The maximum atomic E-state index is 12.8. The molecule has 4 nitrogen and oxygen atoms in total. The van der Waals surface area contributed by atoms with Crippen molar-refractivity contribution in [3.8, 4) is 11.5 Å². The number of halogens is 2. The molecule has 86 valence electrons. The summed E-state index contributed by atoms with van der Waals surface area (Å²) in [6.07, 6.45) is -3.73. The van der Waals surface area contributed by atoms with Gasteiger partial charge in [-0.05, 0) is 19.1 Å². The summed E-state index contributed by atoms with van der Waals surface area (Å²) in [5.74, 6) is -1.18. The average Bonchev–Trinajstić information content (AvgIpc) is 2.51. The molecule has 0 fully saturated rings. The second-order valence-corrected chi connectivity index (χ2v) is 3.02. The van der Waals surface area contributed by atoms with Crippen molar-refractivity contribution in [3.05, 3.63) is 23.8 Å². The average molecular weight is 230 g/mol. The maximum absolute atomic E-state index is 12.8. The highest BCUT2D eigenvalue weighted by Crippen LogP contribution is 2.43. The van der Waals surface area contributed by atoms with E-state index in [2.05, 4.69) is 9.47 Å². The van der Waals surface area contributed by atoms with Gasteiger partial charge in [0.05, 0.1) is 6.61 Å². The number of benzene rings is 1. The molecule has 1 aromatic carbocycles. The minimum absolute atomic E-state index is 0.0727. The van der Waals surface area contributed by atoms with E-state index in [0.717, 1.165) is 0 Å². The predicted octanol–water partition coefficient (Wildman–Crippen LogP) is 2.18. The number of fused-ring (bicyclic) bond motifs is 1. The molecule has 0 aliphatic carbocycles. The van der Waals surface area contributed by atoms with E-state index in [9.17, 15) is 13.6 Å². The number of rotatable bonds is 2. The Morgan fingerprint density at radius 2 is 2.19 bits per heavy atom. The van der Waals surface area contributed by atoms with Crippen LogP contribution in [0.4, 0.5) is 8.78 Å². The Labute approximate surface area is 89.7 Å². The fourth-order valence-corrected chi connectivity index (χ4v) is 1.34. The Hall–Kier alpha value is -1.85. The third-order valence-electron chi connectivity index (χ3n) is 1.92. The van der Waals surface area contributed by atoms with Crippen molar-refractivity contribution in [1.82, 2.24) is 0 Å². The molecule has 16 heavy (non-hydrogen) atoms. The third-order valence-corrected chi connectivity index (χ3v) is 1.92. The van der Waals surface area contributed by atoms with E-state index in [1.165, 1.54) is 18.2 Å². The van der Waals surface area contributed by atoms with Gasteiger partial charge in [0.2, 0.25) is 0 Å². The van der Waals surface area contributed by atoms with E-state index in [0.29, 0.717) is 0 Å². The lowest BCUT2D eigenvalue weighted by Gasteiger charge is -2.06. The smallest absolute Gasteiger partial charge is 0.462 e. The Morgan fingerprint density at radius 3 is 2.88 bits per heavy atom. The molecule has 1 heterocycles. The number of carbonyl (C=O) groups is 1. The molecule has 1 aliphatic rings. The molecule has 6 heteroatoms. The van der Waals surface area contributed by atoms with Crippen LogP contribution in [0, 0.1) is 0 Å². The highest BCUT2D eigenvalue weighted by Gasteiger charge is 2.45.